The molecule has 8 nitrogen and oxygen atoms in total. The van der Waals surface area contributed by atoms with Gasteiger partial charge < -0.3 is 15.4 Å². The van der Waals surface area contributed by atoms with Crippen LogP contribution in [0.15, 0.2) is 23.1 Å². The predicted octanol–water partition coefficient (Wildman–Crippen LogP) is 0.592. The fourth-order valence-electron chi connectivity index (χ4n) is 2.25. The maximum atomic E-state index is 12.6. The Morgan fingerprint density at radius 1 is 1.12 bits per heavy atom. The molecule has 0 radical (unpaired) electrons. The van der Waals surface area contributed by atoms with Crippen LogP contribution in [0, 0.1) is 0 Å². The highest BCUT2D eigenvalue weighted by molar-refractivity contribution is 7.89. The fourth-order valence-corrected chi connectivity index (χ4v) is 3.74. The van der Waals surface area contributed by atoms with Crippen molar-refractivity contribution in [3.8, 4) is 5.75 Å². The predicted molar refractivity (Wildman–Crippen MR) is 94.1 cm³/mol. The first kappa shape index (κ1) is 20.9. The molecule has 2 N–H and O–H groups in total. The van der Waals surface area contributed by atoms with Gasteiger partial charge in [-0.2, -0.15) is 4.31 Å². The summed E-state index contributed by atoms with van der Waals surface area (Å²) in [6.45, 7) is 6.14. The molecule has 0 heterocycles. The molecule has 1 aromatic carbocycles. The number of nitrogens with zero attached hydrogens (tertiary/aromatic N) is 1. The van der Waals surface area contributed by atoms with Crippen molar-refractivity contribution in [3.05, 3.63) is 23.8 Å². The van der Waals surface area contributed by atoms with Crippen molar-refractivity contribution in [3.63, 3.8) is 0 Å². The number of likely N-dealkylation sites (N-methyl/N-ethyl adjacent to an activating group) is 1. The third-order valence-corrected chi connectivity index (χ3v) is 5.59. The first-order chi connectivity index (χ1) is 11.8. The third-order valence-electron chi connectivity index (χ3n) is 3.54. The Kier molecular flexibility index (Phi) is 7.85. The minimum atomic E-state index is -3.70. The molecule has 0 bridgehead atoms. The monoisotopic (exact) mass is 371 g/mol. The lowest BCUT2D eigenvalue weighted by Gasteiger charge is -2.19. The largest absolute Gasteiger partial charge is 0.496 e. The molecule has 1 aromatic rings. The molecule has 0 aliphatic heterocycles. The summed E-state index contributed by atoms with van der Waals surface area (Å²) in [5.41, 5.74) is 0.0556. The molecule has 0 atom stereocenters. The van der Waals surface area contributed by atoms with Crippen LogP contribution >= 0.6 is 0 Å². The van der Waals surface area contributed by atoms with E-state index in [9.17, 15) is 18.0 Å². The Morgan fingerprint density at radius 2 is 1.76 bits per heavy atom. The molecule has 0 unspecified atom stereocenters. The second-order valence-electron chi connectivity index (χ2n) is 5.09. The number of amides is 2. The van der Waals surface area contributed by atoms with Crippen molar-refractivity contribution >= 4 is 21.8 Å². The number of benzene rings is 1. The number of carbonyl (C=O) groups is 2. The van der Waals surface area contributed by atoms with Crippen LogP contribution in [0.3, 0.4) is 0 Å². The summed E-state index contributed by atoms with van der Waals surface area (Å²) in [5, 5.41) is 5.01. The van der Waals surface area contributed by atoms with Crippen LogP contribution in [0.4, 0.5) is 0 Å². The topological polar surface area (TPSA) is 105 Å². The van der Waals surface area contributed by atoms with Crippen LogP contribution in [-0.4, -0.2) is 57.8 Å². The molecule has 1 rings (SSSR count). The van der Waals surface area contributed by atoms with Crippen molar-refractivity contribution in [1.29, 1.82) is 0 Å². The molecule has 0 saturated heterocycles. The van der Waals surface area contributed by atoms with Gasteiger partial charge in [-0.1, -0.05) is 13.8 Å². The molecule has 9 heteroatoms. The molecule has 140 valence electrons. The zero-order valence-corrected chi connectivity index (χ0v) is 15.8. The summed E-state index contributed by atoms with van der Waals surface area (Å²) in [5.74, 6) is -0.687. The summed E-state index contributed by atoms with van der Waals surface area (Å²) in [4.78, 5) is 23.8. The Hall–Kier alpha value is -2.13. The Bertz CT molecular complexity index is 714. The number of rotatable bonds is 9. The summed E-state index contributed by atoms with van der Waals surface area (Å²) in [7, 11) is -2.32. The average Bonchev–Trinajstić information content (AvgIpc) is 2.60. The zero-order chi connectivity index (χ0) is 19.0. The first-order valence-corrected chi connectivity index (χ1v) is 9.48. The number of methoxy groups -OCH3 is 1. The van der Waals surface area contributed by atoms with Gasteiger partial charge in [0.25, 0.3) is 5.91 Å². The van der Waals surface area contributed by atoms with E-state index in [0.29, 0.717) is 19.6 Å². The minimum absolute atomic E-state index is 0.000148. The van der Waals surface area contributed by atoms with Gasteiger partial charge in [0.1, 0.15) is 5.75 Å². The standard InChI is InChI=1S/C16H25N3O5S/c1-5-17-15(20)11-18-16(21)13-10-12(8-9-14(13)24-4)25(22,23)19(6-2)7-3/h8-10H,5-7,11H2,1-4H3,(H,17,20)(H,18,21). The van der Waals surface area contributed by atoms with Crippen molar-refractivity contribution < 1.29 is 22.7 Å². The molecule has 0 aromatic heterocycles. The van der Waals surface area contributed by atoms with Crippen molar-refractivity contribution in [2.24, 2.45) is 0 Å². The van der Waals surface area contributed by atoms with Gasteiger partial charge in [-0.05, 0) is 25.1 Å². The van der Waals surface area contributed by atoms with Crippen LogP contribution in [0.1, 0.15) is 31.1 Å². The van der Waals surface area contributed by atoms with Gasteiger partial charge in [0.2, 0.25) is 15.9 Å². The summed E-state index contributed by atoms with van der Waals surface area (Å²) >= 11 is 0. The van der Waals surface area contributed by atoms with E-state index in [4.69, 9.17) is 4.74 Å². The van der Waals surface area contributed by atoms with Crippen molar-refractivity contribution in [2.45, 2.75) is 25.7 Å². The Morgan fingerprint density at radius 3 is 2.28 bits per heavy atom. The van der Waals surface area contributed by atoms with E-state index in [-0.39, 0.29) is 28.7 Å². The molecule has 0 aliphatic carbocycles. The lowest BCUT2D eigenvalue weighted by molar-refractivity contribution is -0.120. The number of sulfonamides is 1. The molecule has 2 amide bonds. The van der Waals surface area contributed by atoms with Gasteiger partial charge in [0.15, 0.2) is 0 Å². The average molecular weight is 371 g/mol. The van der Waals surface area contributed by atoms with Gasteiger partial charge in [-0.3, -0.25) is 9.59 Å². The summed E-state index contributed by atoms with van der Waals surface area (Å²) in [6.07, 6.45) is 0. The van der Waals surface area contributed by atoms with E-state index in [2.05, 4.69) is 10.6 Å². The lowest BCUT2D eigenvalue weighted by Crippen LogP contribution is -2.37. The van der Waals surface area contributed by atoms with Gasteiger partial charge in [-0.25, -0.2) is 8.42 Å². The van der Waals surface area contributed by atoms with E-state index in [0.717, 1.165) is 0 Å². The number of ether oxygens (including phenoxy) is 1. The molecular weight excluding hydrogens is 346 g/mol. The van der Waals surface area contributed by atoms with Crippen LogP contribution in [0.25, 0.3) is 0 Å². The van der Waals surface area contributed by atoms with Gasteiger partial charge >= 0.3 is 0 Å². The van der Waals surface area contributed by atoms with Gasteiger partial charge in [0.05, 0.1) is 24.1 Å². The second-order valence-corrected chi connectivity index (χ2v) is 7.03. The smallest absolute Gasteiger partial charge is 0.255 e. The van der Waals surface area contributed by atoms with E-state index >= 15 is 0 Å². The van der Waals surface area contributed by atoms with Crippen molar-refractivity contribution in [1.82, 2.24) is 14.9 Å². The normalized spacial score (nSPS) is 11.2. The zero-order valence-electron chi connectivity index (χ0n) is 15.0. The van der Waals surface area contributed by atoms with Gasteiger partial charge in [-0.15, -0.1) is 0 Å². The quantitative estimate of drug-likeness (QED) is 0.661. The van der Waals surface area contributed by atoms with E-state index in [1.54, 1.807) is 20.8 Å². The van der Waals surface area contributed by atoms with Gasteiger partial charge in [0, 0.05) is 19.6 Å². The van der Waals surface area contributed by atoms with E-state index in [1.807, 2.05) is 0 Å². The molecule has 0 spiro atoms. The summed E-state index contributed by atoms with van der Waals surface area (Å²) < 4.78 is 31.6. The van der Waals surface area contributed by atoms with Crippen molar-refractivity contribution in [2.75, 3.05) is 33.3 Å². The van der Waals surface area contributed by atoms with E-state index in [1.165, 1.54) is 29.6 Å². The highest BCUT2D eigenvalue weighted by Crippen LogP contribution is 2.24. The maximum Gasteiger partial charge on any atom is 0.255 e. The number of nitrogens with one attached hydrogen (secondary N) is 2. The third kappa shape index (κ3) is 5.17. The summed E-state index contributed by atoms with van der Waals surface area (Å²) in [6, 6.07) is 4.09. The lowest BCUT2D eigenvalue weighted by atomic mass is 10.2. The van der Waals surface area contributed by atoms with Crippen LogP contribution < -0.4 is 15.4 Å². The minimum Gasteiger partial charge on any atom is -0.496 e. The number of hydrogen-bond acceptors (Lipinski definition) is 5. The number of carbonyl (C=O) groups excluding carboxylic acids is 2. The SMILES string of the molecule is CCNC(=O)CNC(=O)c1cc(S(=O)(=O)N(CC)CC)ccc1OC. The Balaban J connectivity index is 3.14. The first-order valence-electron chi connectivity index (χ1n) is 8.04. The maximum absolute atomic E-state index is 12.6. The highest BCUT2D eigenvalue weighted by Gasteiger charge is 2.24. The molecule has 0 saturated carbocycles. The molecule has 0 fully saturated rings. The number of hydrogen-bond donors (Lipinski definition) is 2. The highest BCUT2D eigenvalue weighted by atomic mass is 32.2. The second kappa shape index (κ2) is 9.38. The fraction of sp³-hybridized carbons (Fsp3) is 0.500. The van der Waals surface area contributed by atoms with Crippen LogP contribution in [0.2, 0.25) is 0 Å². The molecule has 25 heavy (non-hydrogen) atoms. The van der Waals surface area contributed by atoms with Crippen LogP contribution in [-0.2, 0) is 14.8 Å². The Labute approximate surface area is 148 Å². The van der Waals surface area contributed by atoms with E-state index < -0.39 is 15.9 Å². The molecular formula is C16H25N3O5S. The molecule has 0 aliphatic rings. The van der Waals surface area contributed by atoms with Crippen LogP contribution in [0.5, 0.6) is 5.75 Å².